The van der Waals surface area contributed by atoms with E-state index in [1.807, 2.05) is 43.3 Å². The molecule has 0 radical (unpaired) electrons. The third kappa shape index (κ3) is 5.57. The van der Waals surface area contributed by atoms with Crippen LogP contribution >= 0.6 is 0 Å². The highest BCUT2D eigenvalue weighted by Crippen LogP contribution is 2.11. The Hall–Kier alpha value is -3.45. The van der Waals surface area contributed by atoms with Crippen molar-refractivity contribution >= 4 is 29.8 Å². The van der Waals surface area contributed by atoms with Crippen molar-refractivity contribution < 1.29 is 14.8 Å². The van der Waals surface area contributed by atoms with E-state index in [4.69, 9.17) is 5.21 Å². The molecule has 0 aliphatic rings. The molecule has 0 saturated heterocycles. The number of amides is 2. The van der Waals surface area contributed by atoms with E-state index in [0.29, 0.717) is 11.1 Å². The summed E-state index contributed by atoms with van der Waals surface area (Å²) in [6.07, 6.45) is 4.21. The lowest BCUT2D eigenvalue weighted by Crippen LogP contribution is -2.17. The topological polar surface area (TPSA) is 94.0 Å². The minimum Gasteiger partial charge on any atom is -0.378 e. The smallest absolute Gasteiger partial charge is 0.271 e. The van der Waals surface area contributed by atoms with E-state index in [9.17, 15) is 9.59 Å². The van der Waals surface area contributed by atoms with Crippen LogP contribution in [0.25, 0.3) is 6.08 Å². The van der Waals surface area contributed by atoms with Gasteiger partial charge in [-0.3, -0.25) is 14.8 Å². The maximum Gasteiger partial charge on any atom is 0.271 e. The van der Waals surface area contributed by atoms with E-state index in [1.165, 1.54) is 11.6 Å². The monoisotopic (exact) mass is 352 g/mol. The van der Waals surface area contributed by atoms with Crippen LogP contribution in [-0.2, 0) is 4.79 Å². The van der Waals surface area contributed by atoms with Crippen LogP contribution in [0.4, 0.5) is 5.69 Å². The van der Waals surface area contributed by atoms with Gasteiger partial charge in [0.25, 0.3) is 11.8 Å². The average Bonchev–Trinajstić information content (AvgIpc) is 2.66. The van der Waals surface area contributed by atoms with Crippen molar-refractivity contribution in [1.82, 2.24) is 10.9 Å². The van der Waals surface area contributed by atoms with Crippen LogP contribution in [0.15, 0.2) is 59.7 Å². The number of benzene rings is 2. The van der Waals surface area contributed by atoms with Gasteiger partial charge in [-0.1, -0.05) is 24.3 Å². The van der Waals surface area contributed by atoms with Crippen molar-refractivity contribution in [3.05, 3.63) is 71.3 Å². The van der Waals surface area contributed by atoms with Crippen molar-refractivity contribution in [2.24, 2.45) is 5.10 Å². The molecule has 2 amide bonds. The van der Waals surface area contributed by atoms with E-state index in [-0.39, 0.29) is 5.91 Å². The zero-order chi connectivity index (χ0) is 18.9. The Morgan fingerprint density at radius 3 is 2.46 bits per heavy atom. The summed E-state index contributed by atoms with van der Waals surface area (Å²) < 4.78 is 0. The van der Waals surface area contributed by atoms with Gasteiger partial charge in [0.2, 0.25) is 0 Å². The molecule has 2 aromatic carbocycles. The molecule has 26 heavy (non-hydrogen) atoms. The van der Waals surface area contributed by atoms with E-state index >= 15 is 0 Å². The zero-order valence-electron chi connectivity index (χ0n) is 14.5. The number of hydrogen-bond acceptors (Lipinski definition) is 5. The summed E-state index contributed by atoms with van der Waals surface area (Å²) in [7, 11) is 3.92. The third-order valence-electron chi connectivity index (χ3n) is 3.48. The number of nitrogens with zero attached hydrogens (tertiary/aromatic N) is 2. The molecular weight excluding hydrogens is 332 g/mol. The normalized spacial score (nSPS) is 10.9. The molecule has 0 bridgehead atoms. The van der Waals surface area contributed by atoms with E-state index in [2.05, 4.69) is 10.5 Å². The van der Waals surface area contributed by atoms with Gasteiger partial charge in [0.15, 0.2) is 0 Å². The highest BCUT2D eigenvalue weighted by atomic mass is 16.5. The molecule has 0 aliphatic carbocycles. The molecule has 0 unspecified atom stereocenters. The van der Waals surface area contributed by atoms with Gasteiger partial charge in [0, 0.05) is 31.4 Å². The summed E-state index contributed by atoms with van der Waals surface area (Å²) >= 11 is 0. The third-order valence-corrected chi connectivity index (χ3v) is 3.48. The van der Waals surface area contributed by atoms with Gasteiger partial charge in [0.1, 0.15) is 0 Å². The fourth-order valence-electron chi connectivity index (χ4n) is 2.08. The first-order valence-corrected chi connectivity index (χ1v) is 7.82. The van der Waals surface area contributed by atoms with Crippen molar-refractivity contribution in [1.29, 1.82) is 0 Å². The van der Waals surface area contributed by atoms with E-state index in [1.54, 1.807) is 30.5 Å². The van der Waals surface area contributed by atoms with Gasteiger partial charge >= 0.3 is 0 Å². The van der Waals surface area contributed by atoms with Crippen LogP contribution in [0.5, 0.6) is 0 Å². The molecule has 0 fully saturated rings. The predicted octanol–water partition coefficient (Wildman–Crippen LogP) is 2.04. The number of carbonyl (C=O) groups excluding carboxylic acids is 2. The van der Waals surface area contributed by atoms with Crippen molar-refractivity contribution in [3.8, 4) is 0 Å². The summed E-state index contributed by atoms with van der Waals surface area (Å²) in [5.74, 6) is -1.02. The summed E-state index contributed by atoms with van der Waals surface area (Å²) in [6.45, 7) is 0. The molecule has 7 heteroatoms. The van der Waals surface area contributed by atoms with Gasteiger partial charge in [0.05, 0.1) is 6.21 Å². The molecule has 0 aliphatic heterocycles. The van der Waals surface area contributed by atoms with Crippen molar-refractivity contribution in [2.45, 2.75) is 0 Å². The molecule has 2 aromatic rings. The first kappa shape index (κ1) is 18.9. The molecular formula is C19H20N4O3. The summed E-state index contributed by atoms with van der Waals surface area (Å²) in [5.41, 5.74) is 6.94. The van der Waals surface area contributed by atoms with Gasteiger partial charge in [-0.15, -0.1) is 0 Å². The van der Waals surface area contributed by atoms with Crippen molar-refractivity contribution in [3.63, 3.8) is 0 Å². The molecule has 0 atom stereocenters. The number of hydrogen-bond donors (Lipinski definition) is 3. The average molecular weight is 352 g/mol. The van der Waals surface area contributed by atoms with Crippen LogP contribution in [0.1, 0.15) is 21.5 Å². The van der Waals surface area contributed by atoms with Gasteiger partial charge in [-0.25, -0.2) is 10.9 Å². The Morgan fingerprint density at radius 2 is 1.81 bits per heavy atom. The second-order valence-corrected chi connectivity index (χ2v) is 5.62. The molecule has 2 rings (SSSR count). The quantitative estimate of drug-likeness (QED) is 0.321. The summed E-state index contributed by atoms with van der Waals surface area (Å²) in [6, 6.07) is 14.4. The number of hydroxylamine groups is 1. The lowest BCUT2D eigenvalue weighted by atomic mass is 10.1. The first-order valence-electron chi connectivity index (χ1n) is 7.82. The molecule has 7 nitrogen and oxygen atoms in total. The second-order valence-electron chi connectivity index (χ2n) is 5.62. The maximum absolute atomic E-state index is 12.1. The first-order chi connectivity index (χ1) is 12.5. The second kappa shape index (κ2) is 9.14. The largest absolute Gasteiger partial charge is 0.378 e. The summed E-state index contributed by atoms with van der Waals surface area (Å²) in [4.78, 5) is 25.1. The Morgan fingerprint density at radius 1 is 1.08 bits per heavy atom. The molecule has 0 aromatic heterocycles. The molecule has 0 spiro atoms. The number of rotatable bonds is 6. The lowest BCUT2D eigenvalue weighted by Gasteiger charge is -2.11. The summed E-state index contributed by atoms with van der Waals surface area (Å²) in [5, 5.41) is 12.4. The molecule has 0 saturated carbocycles. The van der Waals surface area contributed by atoms with Gasteiger partial charge in [-0.2, -0.15) is 5.10 Å². The van der Waals surface area contributed by atoms with E-state index < -0.39 is 5.91 Å². The SMILES string of the molecule is CN(C)c1ccc(/C=N\NC(=O)c2cccc(/C=C/C(=O)NO)c2)cc1. The maximum atomic E-state index is 12.1. The van der Waals surface area contributed by atoms with Crippen LogP contribution in [0.2, 0.25) is 0 Å². The number of carbonyl (C=O) groups is 2. The Balaban J connectivity index is 1.99. The Bertz CT molecular complexity index is 827. The van der Waals surface area contributed by atoms with E-state index in [0.717, 1.165) is 17.3 Å². The van der Waals surface area contributed by atoms with Crippen LogP contribution in [0, 0.1) is 0 Å². The number of hydrazone groups is 1. The van der Waals surface area contributed by atoms with Gasteiger partial charge < -0.3 is 4.90 Å². The Kier molecular flexibility index (Phi) is 6.64. The standard InChI is InChI=1S/C19H20N4O3/c1-23(2)17-9-6-15(7-10-17)13-20-21-19(25)16-5-3-4-14(12-16)8-11-18(24)22-26/h3-13,26H,1-2H3,(H,21,25)(H,22,24)/b11-8+,20-13-. The number of nitrogens with one attached hydrogen (secondary N) is 2. The fraction of sp³-hybridized carbons (Fsp3) is 0.105. The van der Waals surface area contributed by atoms with Crippen LogP contribution in [-0.4, -0.2) is 37.3 Å². The molecule has 134 valence electrons. The fourth-order valence-corrected chi connectivity index (χ4v) is 2.08. The Labute approximate surface area is 151 Å². The minimum atomic E-state index is -0.648. The predicted molar refractivity (Wildman–Crippen MR) is 101 cm³/mol. The van der Waals surface area contributed by atoms with Crippen LogP contribution < -0.4 is 15.8 Å². The highest BCUT2D eigenvalue weighted by Gasteiger charge is 2.04. The van der Waals surface area contributed by atoms with Crippen LogP contribution in [0.3, 0.4) is 0 Å². The highest BCUT2D eigenvalue weighted by molar-refractivity contribution is 5.96. The van der Waals surface area contributed by atoms with Crippen molar-refractivity contribution in [2.75, 3.05) is 19.0 Å². The minimum absolute atomic E-state index is 0.368. The number of anilines is 1. The van der Waals surface area contributed by atoms with Gasteiger partial charge in [-0.05, 0) is 41.5 Å². The molecule has 3 N–H and O–H groups in total. The lowest BCUT2D eigenvalue weighted by molar-refractivity contribution is -0.124. The molecule has 0 heterocycles. The zero-order valence-corrected chi connectivity index (χ0v) is 14.5.